The molecule has 0 radical (unpaired) electrons. The van der Waals surface area contributed by atoms with Gasteiger partial charge in [-0.25, -0.2) is 0 Å². The Balaban J connectivity index is 0.000000300. The summed E-state index contributed by atoms with van der Waals surface area (Å²) in [7, 11) is 0. The van der Waals surface area contributed by atoms with Gasteiger partial charge in [0.2, 0.25) is 0 Å². The third-order valence-electron chi connectivity index (χ3n) is 6.20. The number of carbonyl (C=O) groups excluding carboxylic acids is 1. The summed E-state index contributed by atoms with van der Waals surface area (Å²) in [6.45, 7) is 21.4. The lowest BCUT2D eigenvalue weighted by atomic mass is 9.82. The van der Waals surface area contributed by atoms with Crippen LogP contribution in [0.5, 0.6) is 0 Å². The Labute approximate surface area is 185 Å². The molecule has 2 aliphatic heterocycles. The molecule has 0 aromatic carbocycles. The highest BCUT2D eigenvalue weighted by molar-refractivity contribution is 5.76. The maximum atomic E-state index is 11.0. The second kappa shape index (κ2) is 10.4. The van der Waals surface area contributed by atoms with E-state index in [2.05, 4.69) is 60.5 Å². The van der Waals surface area contributed by atoms with E-state index in [1.54, 1.807) is 13.8 Å². The van der Waals surface area contributed by atoms with Crippen molar-refractivity contribution >= 4 is 5.78 Å². The molecule has 6 heteroatoms. The fourth-order valence-electron chi connectivity index (χ4n) is 4.99. The Morgan fingerprint density at radius 3 is 1.43 bits per heavy atom. The predicted molar refractivity (Wildman–Crippen MR) is 122 cm³/mol. The number of hydroxylamine groups is 4. The monoisotopic (exact) mass is 428 g/mol. The number of Topliss-reactive ketones (excluding diaryl/α,β-unsaturated/α-hetero) is 1. The van der Waals surface area contributed by atoms with Crippen LogP contribution in [0.2, 0.25) is 0 Å². The molecular formula is C24H48N2O4. The quantitative estimate of drug-likeness (QED) is 0.650. The number of piperidine rings is 2. The van der Waals surface area contributed by atoms with Crippen molar-refractivity contribution in [3.8, 4) is 0 Å². The summed E-state index contributed by atoms with van der Waals surface area (Å²) in [5.41, 5.74) is 0.182. The first-order valence-electron chi connectivity index (χ1n) is 11.6. The fourth-order valence-corrected chi connectivity index (χ4v) is 4.99. The van der Waals surface area contributed by atoms with E-state index in [1.165, 1.54) is 12.8 Å². The molecule has 178 valence electrons. The second-order valence-corrected chi connectivity index (χ2v) is 11.7. The van der Waals surface area contributed by atoms with Gasteiger partial charge in [-0.05, 0) is 108 Å². The number of hydrogen-bond donors (Lipinski definition) is 1. The molecule has 1 unspecified atom stereocenters. The molecule has 0 spiro atoms. The van der Waals surface area contributed by atoms with Gasteiger partial charge >= 0.3 is 0 Å². The molecule has 1 N–H and O–H groups in total. The van der Waals surface area contributed by atoms with E-state index >= 15 is 0 Å². The summed E-state index contributed by atoms with van der Waals surface area (Å²) in [5.74, 6) is 0.0761. The number of aliphatic hydroxyl groups is 1. The predicted octanol–water partition coefficient (Wildman–Crippen LogP) is 4.89. The average molecular weight is 429 g/mol. The largest absolute Gasteiger partial charge is 0.391 e. The highest BCUT2D eigenvalue weighted by Crippen LogP contribution is 2.39. The van der Waals surface area contributed by atoms with Crippen molar-refractivity contribution in [2.24, 2.45) is 0 Å². The minimum atomic E-state index is -0.404. The lowest BCUT2D eigenvalue weighted by Gasteiger charge is -2.51. The van der Waals surface area contributed by atoms with Crippen LogP contribution in [0.15, 0.2) is 0 Å². The molecule has 2 rings (SSSR count). The highest BCUT2D eigenvalue weighted by atomic mass is 16.7. The summed E-state index contributed by atoms with van der Waals surface area (Å²) in [5, 5.41) is 13.4. The van der Waals surface area contributed by atoms with E-state index in [1.807, 2.05) is 5.06 Å². The van der Waals surface area contributed by atoms with Crippen molar-refractivity contribution in [3.63, 3.8) is 0 Å². The smallest absolute Gasteiger partial charge is 0.157 e. The summed E-state index contributed by atoms with van der Waals surface area (Å²) < 4.78 is 0. The first-order chi connectivity index (χ1) is 13.5. The molecule has 0 amide bonds. The third kappa shape index (κ3) is 7.86. The van der Waals surface area contributed by atoms with Crippen molar-refractivity contribution in [2.75, 3.05) is 13.2 Å². The maximum absolute atomic E-state index is 11.0. The van der Waals surface area contributed by atoms with Gasteiger partial charge in [-0.1, -0.05) is 0 Å². The van der Waals surface area contributed by atoms with Gasteiger partial charge in [0.15, 0.2) is 5.78 Å². The molecule has 0 aromatic rings. The van der Waals surface area contributed by atoms with Crippen molar-refractivity contribution in [1.29, 1.82) is 0 Å². The standard InChI is InChI=1S/C12H25NO2.C12H23NO2/c2*1-10(14)9-15-13-11(2,3)7-6-8-12(13,4)5/h10,14H,6-9H2,1-5H3;6-9H2,1-5H3. The van der Waals surface area contributed by atoms with Gasteiger partial charge in [0, 0.05) is 22.2 Å². The number of ketones is 1. The van der Waals surface area contributed by atoms with E-state index in [-0.39, 0.29) is 34.5 Å². The van der Waals surface area contributed by atoms with Crippen LogP contribution in [0, 0.1) is 0 Å². The van der Waals surface area contributed by atoms with Crippen molar-refractivity contribution in [1.82, 2.24) is 10.1 Å². The Morgan fingerprint density at radius 2 is 1.13 bits per heavy atom. The number of nitrogens with zero attached hydrogens (tertiary/aromatic N) is 2. The van der Waals surface area contributed by atoms with Crippen LogP contribution in [0.3, 0.4) is 0 Å². The Hall–Kier alpha value is -0.530. The van der Waals surface area contributed by atoms with Gasteiger partial charge in [-0.15, -0.1) is 0 Å². The van der Waals surface area contributed by atoms with Crippen LogP contribution in [-0.2, 0) is 14.5 Å². The number of rotatable bonds is 6. The molecule has 1 atom stereocenters. The van der Waals surface area contributed by atoms with Gasteiger partial charge in [-0.2, -0.15) is 10.1 Å². The maximum Gasteiger partial charge on any atom is 0.157 e. The number of aliphatic hydroxyl groups excluding tert-OH is 1. The molecule has 2 saturated heterocycles. The topological polar surface area (TPSA) is 62.2 Å². The summed E-state index contributed by atoms with van der Waals surface area (Å²) in [6.07, 6.45) is 6.60. The van der Waals surface area contributed by atoms with Crippen LogP contribution in [0.25, 0.3) is 0 Å². The fraction of sp³-hybridized carbons (Fsp3) is 0.958. The second-order valence-electron chi connectivity index (χ2n) is 11.7. The van der Waals surface area contributed by atoms with Crippen molar-refractivity contribution in [2.45, 2.75) is 136 Å². The zero-order valence-electron chi connectivity index (χ0n) is 21.3. The summed E-state index contributed by atoms with van der Waals surface area (Å²) in [6, 6.07) is 0. The molecule has 6 nitrogen and oxygen atoms in total. The summed E-state index contributed by atoms with van der Waals surface area (Å²) in [4.78, 5) is 22.4. The van der Waals surface area contributed by atoms with Crippen molar-refractivity contribution in [3.05, 3.63) is 0 Å². The molecule has 0 saturated carbocycles. The minimum absolute atomic E-state index is 0.0250. The zero-order valence-corrected chi connectivity index (χ0v) is 21.3. The van der Waals surface area contributed by atoms with E-state index in [9.17, 15) is 9.90 Å². The normalized spacial score (nSPS) is 26.4. The molecular weight excluding hydrogens is 380 g/mol. The molecule has 2 heterocycles. The molecule has 2 fully saturated rings. The van der Waals surface area contributed by atoms with E-state index in [0.29, 0.717) is 6.61 Å². The number of hydrogen-bond acceptors (Lipinski definition) is 6. The third-order valence-corrected chi connectivity index (χ3v) is 6.20. The lowest BCUT2D eigenvalue weighted by molar-refractivity contribution is -0.288. The Morgan fingerprint density at radius 1 is 0.800 bits per heavy atom. The molecule has 0 bridgehead atoms. The minimum Gasteiger partial charge on any atom is -0.391 e. The van der Waals surface area contributed by atoms with E-state index < -0.39 is 6.10 Å². The van der Waals surface area contributed by atoms with Crippen LogP contribution < -0.4 is 0 Å². The molecule has 2 aliphatic rings. The Kier molecular flexibility index (Phi) is 9.53. The number of carbonyl (C=O) groups is 1. The van der Waals surface area contributed by atoms with E-state index in [4.69, 9.17) is 9.68 Å². The SMILES string of the molecule is CC(=O)CON1C(C)(C)CCCC1(C)C.CC(O)CON1C(C)(C)CCCC1(C)C. The van der Waals surface area contributed by atoms with Crippen LogP contribution in [0.1, 0.15) is 108 Å². The van der Waals surface area contributed by atoms with Gasteiger partial charge in [0.05, 0.1) is 12.7 Å². The Bertz CT molecular complexity index is 523. The van der Waals surface area contributed by atoms with Gasteiger partial charge < -0.3 is 5.11 Å². The van der Waals surface area contributed by atoms with Crippen molar-refractivity contribution < 1.29 is 19.6 Å². The van der Waals surface area contributed by atoms with E-state index in [0.717, 1.165) is 25.7 Å². The molecule has 0 aliphatic carbocycles. The van der Waals surface area contributed by atoms with Crippen LogP contribution in [-0.4, -0.2) is 62.5 Å². The van der Waals surface area contributed by atoms with Gasteiger partial charge in [0.1, 0.15) is 6.61 Å². The van der Waals surface area contributed by atoms with Gasteiger partial charge in [0.25, 0.3) is 0 Å². The van der Waals surface area contributed by atoms with Crippen LogP contribution >= 0.6 is 0 Å². The first kappa shape index (κ1) is 27.5. The average Bonchev–Trinajstić information content (AvgIpc) is 2.51. The van der Waals surface area contributed by atoms with Gasteiger partial charge in [-0.3, -0.25) is 14.5 Å². The lowest BCUT2D eigenvalue weighted by Crippen LogP contribution is -2.58. The zero-order chi connectivity index (χ0) is 23.4. The summed E-state index contributed by atoms with van der Waals surface area (Å²) >= 11 is 0. The highest BCUT2D eigenvalue weighted by Gasteiger charge is 2.43. The van der Waals surface area contributed by atoms with Crippen LogP contribution in [0.4, 0.5) is 0 Å². The molecule has 0 aromatic heterocycles. The first-order valence-corrected chi connectivity index (χ1v) is 11.6. The molecule has 30 heavy (non-hydrogen) atoms.